The van der Waals surface area contributed by atoms with E-state index in [0.29, 0.717) is 29.9 Å². The number of nitrogens with zero attached hydrogens (tertiary/aromatic N) is 6. The molecular formula is C25H32N6O2. The summed E-state index contributed by atoms with van der Waals surface area (Å²) in [6, 6.07) is 10.5. The summed E-state index contributed by atoms with van der Waals surface area (Å²) in [5.41, 5.74) is 2.24. The predicted molar refractivity (Wildman–Crippen MR) is 127 cm³/mol. The normalized spacial score (nSPS) is 17.2. The highest BCUT2D eigenvalue weighted by Crippen LogP contribution is 2.34. The Labute approximate surface area is 195 Å². The number of anilines is 1. The van der Waals surface area contributed by atoms with Gasteiger partial charge in [-0.15, -0.1) is 5.10 Å². The second kappa shape index (κ2) is 9.86. The first-order valence-corrected chi connectivity index (χ1v) is 11.5. The van der Waals surface area contributed by atoms with Gasteiger partial charge < -0.3 is 14.4 Å². The predicted octanol–water partition coefficient (Wildman–Crippen LogP) is 3.78. The highest BCUT2D eigenvalue weighted by Gasteiger charge is 2.28. The molecule has 0 radical (unpaired) electrons. The lowest BCUT2D eigenvalue weighted by molar-refractivity contribution is 0.130. The van der Waals surface area contributed by atoms with E-state index >= 15 is 0 Å². The Morgan fingerprint density at radius 1 is 1.18 bits per heavy atom. The van der Waals surface area contributed by atoms with E-state index in [2.05, 4.69) is 59.9 Å². The van der Waals surface area contributed by atoms with E-state index in [-0.39, 0.29) is 11.2 Å². The summed E-state index contributed by atoms with van der Waals surface area (Å²) in [6.45, 7) is 11.1. The molecular weight excluding hydrogens is 416 g/mol. The monoisotopic (exact) mass is 448 g/mol. The molecule has 1 saturated heterocycles. The minimum Gasteiger partial charge on any atom is -0.431 e. The molecule has 0 amide bonds. The van der Waals surface area contributed by atoms with Gasteiger partial charge in [0.05, 0.1) is 12.8 Å². The van der Waals surface area contributed by atoms with Crippen molar-refractivity contribution in [2.45, 2.75) is 39.5 Å². The van der Waals surface area contributed by atoms with Crippen molar-refractivity contribution in [2.75, 3.05) is 44.9 Å². The van der Waals surface area contributed by atoms with Crippen molar-refractivity contribution in [1.82, 2.24) is 14.9 Å². The fourth-order valence-electron chi connectivity index (χ4n) is 4.24. The van der Waals surface area contributed by atoms with Crippen molar-refractivity contribution in [3.8, 4) is 11.8 Å². The molecule has 0 bridgehead atoms. The molecule has 8 nitrogen and oxygen atoms in total. The standard InChI is InChI=1S/C25H32N6O2/c1-25(2,3)17-31-23-21(16-27-22(15-26)28-23)33-24(29-31)20-7-5-18(6-8-20)19-9-11-30(12-10-19)13-14-32-4/h5-8,16,19H,9-14,17H2,1-4H3. The van der Waals surface area contributed by atoms with Crippen LogP contribution in [0.25, 0.3) is 0 Å². The fraction of sp³-hybridized carbons (Fsp3) is 0.520. The van der Waals surface area contributed by atoms with Crippen molar-refractivity contribution in [1.29, 1.82) is 5.26 Å². The maximum Gasteiger partial charge on any atom is 0.244 e. The Morgan fingerprint density at radius 3 is 2.55 bits per heavy atom. The number of benzene rings is 1. The van der Waals surface area contributed by atoms with Gasteiger partial charge in [-0.25, -0.2) is 9.99 Å². The first-order valence-electron chi connectivity index (χ1n) is 11.5. The second-order valence-corrected chi connectivity index (χ2v) is 9.85. The number of fused-ring (bicyclic) bond motifs is 1. The third kappa shape index (κ3) is 5.67. The molecule has 4 rings (SSSR count). The summed E-state index contributed by atoms with van der Waals surface area (Å²) in [4.78, 5) is 10.9. The molecule has 1 aromatic heterocycles. The van der Waals surface area contributed by atoms with Crippen LogP contribution in [0.4, 0.5) is 5.82 Å². The second-order valence-electron chi connectivity index (χ2n) is 9.85. The van der Waals surface area contributed by atoms with Gasteiger partial charge >= 0.3 is 0 Å². The minimum absolute atomic E-state index is 0.0248. The lowest BCUT2D eigenvalue weighted by Gasteiger charge is -2.32. The molecule has 0 unspecified atom stereocenters. The zero-order chi connectivity index (χ0) is 23.4. The molecule has 0 aliphatic carbocycles. The van der Waals surface area contributed by atoms with Crippen LogP contribution >= 0.6 is 0 Å². The molecule has 33 heavy (non-hydrogen) atoms. The first-order chi connectivity index (χ1) is 15.9. The molecule has 174 valence electrons. The lowest BCUT2D eigenvalue weighted by Crippen LogP contribution is -2.35. The quantitative estimate of drug-likeness (QED) is 0.665. The van der Waals surface area contributed by atoms with Crippen LogP contribution in [-0.2, 0) is 4.74 Å². The molecule has 2 aromatic rings. The van der Waals surface area contributed by atoms with Crippen LogP contribution in [-0.4, -0.2) is 60.7 Å². The molecule has 3 heterocycles. The molecule has 1 fully saturated rings. The van der Waals surface area contributed by atoms with Gasteiger partial charge in [-0.2, -0.15) is 10.2 Å². The molecule has 2 aliphatic rings. The largest absolute Gasteiger partial charge is 0.431 e. The van der Waals surface area contributed by atoms with Crippen LogP contribution in [0.1, 0.15) is 56.5 Å². The fourth-order valence-corrected chi connectivity index (χ4v) is 4.24. The number of likely N-dealkylation sites (tertiary alicyclic amines) is 1. The number of hydrogen-bond donors (Lipinski definition) is 0. The molecule has 0 spiro atoms. The summed E-state index contributed by atoms with van der Waals surface area (Å²) in [5.74, 6) is 2.23. The SMILES string of the molecule is COCCN1CCC(c2ccc(C3=NN(CC(C)(C)C)c4nc(C#N)ncc4O3)cc2)CC1. The van der Waals surface area contributed by atoms with Crippen molar-refractivity contribution in [3.63, 3.8) is 0 Å². The molecule has 1 aromatic carbocycles. The van der Waals surface area contributed by atoms with Crippen molar-refractivity contribution >= 4 is 11.7 Å². The van der Waals surface area contributed by atoms with E-state index in [4.69, 9.17) is 14.6 Å². The van der Waals surface area contributed by atoms with E-state index in [9.17, 15) is 5.26 Å². The first kappa shape index (κ1) is 23.1. The van der Waals surface area contributed by atoms with Gasteiger partial charge in [-0.05, 0) is 55.0 Å². The van der Waals surface area contributed by atoms with Gasteiger partial charge in [0.1, 0.15) is 6.07 Å². The molecule has 8 heteroatoms. The smallest absolute Gasteiger partial charge is 0.244 e. The van der Waals surface area contributed by atoms with Crippen LogP contribution < -0.4 is 9.75 Å². The Morgan fingerprint density at radius 2 is 1.91 bits per heavy atom. The van der Waals surface area contributed by atoms with Crippen LogP contribution in [0.15, 0.2) is 35.6 Å². The van der Waals surface area contributed by atoms with E-state index in [1.54, 1.807) is 13.3 Å². The summed E-state index contributed by atoms with van der Waals surface area (Å²) in [6.07, 6.45) is 3.87. The molecule has 0 saturated carbocycles. The third-order valence-corrected chi connectivity index (χ3v) is 5.95. The van der Waals surface area contributed by atoms with Gasteiger partial charge in [-0.3, -0.25) is 0 Å². The van der Waals surface area contributed by atoms with Crippen LogP contribution in [0.2, 0.25) is 0 Å². The average molecular weight is 449 g/mol. The van der Waals surface area contributed by atoms with Gasteiger partial charge in [0.15, 0.2) is 11.6 Å². The Kier molecular flexibility index (Phi) is 6.91. The number of hydrazone groups is 1. The van der Waals surface area contributed by atoms with Gasteiger partial charge in [0.2, 0.25) is 11.7 Å². The Balaban J connectivity index is 1.51. The maximum atomic E-state index is 9.20. The Bertz CT molecular complexity index is 1030. The topological polar surface area (TPSA) is 86.9 Å². The maximum absolute atomic E-state index is 9.20. The number of rotatable bonds is 6. The number of hydrogen-bond acceptors (Lipinski definition) is 8. The van der Waals surface area contributed by atoms with Gasteiger partial charge in [0.25, 0.3) is 0 Å². The Hall–Kier alpha value is -3.02. The van der Waals surface area contributed by atoms with Crippen LogP contribution in [0, 0.1) is 16.7 Å². The zero-order valence-electron chi connectivity index (χ0n) is 19.9. The van der Waals surface area contributed by atoms with E-state index < -0.39 is 0 Å². The van der Waals surface area contributed by atoms with Crippen LogP contribution in [0.3, 0.4) is 0 Å². The van der Waals surface area contributed by atoms with Crippen molar-refractivity contribution < 1.29 is 9.47 Å². The van der Waals surface area contributed by atoms with Gasteiger partial charge in [0, 0.05) is 25.8 Å². The summed E-state index contributed by atoms with van der Waals surface area (Å²) in [7, 11) is 1.76. The van der Waals surface area contributed by atoms with E-state index in [0.717, 1.165) is 44.6 Å². The number of piperidine rings is 1. The van der Waals surface area contributed by atoms with Crippen LogP contribution in [0.5, 0.6) is 5.75 Å². The number of aromatic nitrogens is 2. The highest BCUT2D eigenvalue weighted by atomic mass is 16.5. The molecule has 0 atom stereocenters. The third-order valence-electron chi connectivity index (χ3n) is 5.95. The van der Waals surface area contributed by atoms with Crippen molar-refractivity contribution in [2.24, 2.45) is 10.5 Å². The number of methoxy groups -OCH3 is 1. The average Bonchev–Trinajstić information content (AvgIpc) is 2.82. The van der Waals surface area contributed by atoms with Gasteiger partial charge in [-0.1, -0.05) is 32.9 Å². The highest BCUT2D eigenvalue weighted by molar-refractivity contribution is 5.98. The lowest BCUT2D eigenvalue weighted by atomic mass is 9.89. The minimum atomic E-state index is -0.0248. The summed E-state index contributed by atoms with van der Waals surface area (Å²) < 4.78 is 11.3. The molecule has 2 aliphatic heterocycles. The molecule has 0 N–H and O–H groups in total. The van der Waals surface area contributed by atoms with Crippen molar-refractivity contribution in [3.05, 3.63) is 47.4 Å². The zero-order valence-corrected chi connectivity index (χ0v) is 19.9. The van der Waals surface area contributed by atoms with E-state index in [1.807, 2.05) is 11.1 Å². The summed E-state index contributed by atoms with van der Waals surface area (Å²) >= 11 is 0. The summed E-state index contributed by atoms with van der Waals surface area (Å²) in [5, 5.41) is 15.8. The number of ether oxygens (including phenoxy) is 2. The number of nitriles is 1. The van der Waals surface area contributed by atoms with E-state index in [1.165, 1.54) is 5.56 Å².